The van der Waals surface area contributed by atoms with Crippen LogP contribution in [0, 0.1) is 5.82 Å². The molecule has 2 atom stereocenters. The molecule has 1 aromatic carbocycles. The summed E-state index contributed by atoms with van der Waals surface area (Å²) in [6.07, 6.45) is 2.99. The van der Waals surface area contributed by atoms with Gasteiger partial charge in [-0.2, -0.15) is 0 Å². The van der Waals surface area contributed by atoms with E-state index in [-0.39, 0.29) is 18.5 Å². The Morgan fingerprint density at radius 3 is 3.00 bits per heavy atom. The van der Waals surface area contributed by atoms with Crippen molar-refractivity contribution in [2.45, 2.75) is 37.8 Å². The molecule has 1 aromatic rings. The van der Waals surface area contributed by atoms with Crippen LogP contribution in [0.2, 0.25) is 0 Å². The topological polar surface area (TPSA) is 41.5 Å². The quantitative estimate of drug-likeness (QED) is 0.827. The zero-order valence-electron chi connectivity index (χ0n) is 11.4. The minimum atomic E-state index is -0.445. The molecule has 0 radical (unpaired) electrons. The third-order valence-corrected chi connectivity index (χ3v) is 3.61. The van der Waals surface area contributed by atoms with Crippen LogP contribution in [-0.2, 0) is 11.2 Å². The lowest BCUT2D eigenvalue weighted by atomic mass is 9.93. The summed E-state index contributed by atoms with van der Waals surface area (Å²) in [5.41, 5.74) is 0.441. The molecule has 19 heavy (non-hydrogen) atoms. The van der Waals surface area contributed by atoms with E-state index in [1.54, 1.807) is 6.07 Å². The van der Waals surface area contributed by atoms with Gasteiger partial charge in [-0.1, -0.05) is 12.1 Å². The van der Waals surface area contributed by atoms with E-state index in [9.17, 15) is 9.50 Å². The van der Waals surface area contributed by atoms with E-state index >= 15 is 0 Å². The number of hydrogen-bond acceptors (Lipinski definition) is 3. The van der Waals surface area contributed by atoms with Crippen molar-refractivity contribution in [1.82, 2.24) is 5.32 Å². The predicted octanol–water partition coefficient (Wildman–Crippen LogP) is 1.89. The molecule has 2 rings (SSSR count). The van der Waals surface area contributed by atoms with Crippen LogP contribution in [0.1, 0.15) is 25.3 Å². The molecule has 0 saturated carbocycles. The van der Waals surface area contributed by atoms with Crippen molar-refractivity contribution in [2.75, 3.05) is 19.8 Å². The Hall–Kier alpha value is -0.970. The normalized spacial score (nSPS) is 22.4. The highest BCUT2D eigenvalue weighted by atomic mass is 19.1. The predicted molar refractivity (Wildman–Crippen MR) is 72.6 cm³/mol. The van der Waals surface area contributed by atoms with Gasteiger partial charge in [-0.25, -0.2) is 4.39 Å². The monoisotopic (exact) mass is 267 g/mol. The van der Waals surface area contributed by atoms with Gasteiger partial charge < -0.3 is 15.2 Å². The highest BCUT2D eigenvalue weighted by molar-refractivity contribution is 5.19. The standard InChI is InChI=1S/C15H22FNO2/c1-15(11-18,17-10-14-6-3-7-19-14)9-12-4-2-5-13(16)8-12/h2,4-5,8,14,17-18H,3,6-7,9-11H2,1H3. The smallest absolute Gasteiger partial charge is 0.123 e. The van der Waals surface area contributed by atoms with E-state index in [2.05, 4.69) is 5.32 Å². The van der Waals surface area contributed by atoms with Crippen molar-refractivity contribution >= 4 is 0 Å². The van der Waals surface area contributed by atoms with Gasteiger partial charge in [0, 0.05) is 18.7 Å². The Labute approximate surface area is 113 Å². The molecule has 0 amide bonds. The van der Waals surface area contributed by atoms with Crippen molar-refractivity contribution in [3.05, 3.63) is 35.6 Å². The average Bonchev–Trinajstić information content (AvgIpc) is 2.90. The Bertz CT molecular complexity index is 407. The summed E-state index contributed by atoms with van der Waals surface area (Å²) in [6.45, 7) is 3.52. The molecule has 0 bridgehead atoms. The fourth-order valence-electron chi connectivity index (χ4n) is 2.44. The number of nitrogens with one attached hydrogen (secondary N) is 1. The van der Waals surface area contributed by atoms with E-state index in [4.69, 9.17) is 4.74 Å². The summed E-state index contributed by atoms with van der Waals surface area (Å²) in [4.78, 5) is 0. The molecule has 1 aliphatic heterocycles. The number of hydrogen-bond donors (Lipinski definition) is 2. The second-order valence-electron chi connectivity index (χ2n) is 5.54. The molecule has 1 saturated heterocycles. The van der Waals surface area contributed by atoms with Crippen LogP contribution in [0.15, 0.2) is 24.3 Å². The van der Waals surface area contributed by atoms with Crippen LogP contribution in [0.5, 0.6) is 0 Å². The third kappa shape index (κ3) is 4.27. The SMILES string of the molecule is CC(CO)(Cc1cccc(F)c1)NCC1CCCO1. The van der Waals surface area contributed by atoms with Crippen molar-refractivity contribution in [2.24, 2.45) is 0 Å². The van der Waals surface area contributed by atoms with Crippen LogP contribution in [-0.4, -0.2) is 36.5 Å². The molecule has 0 aliphatic carbocycles. The second kappa shape index (κ2) is 6.46. The van der Waals surface area contributed by atoms with Gasteiger partial charge in [0.2, 0.25) is 0 Å². The number of aliphatic hydroxyl groups is 1. The lowest BCUT2D eigenvalue weighted by molar-refractivity contribution is 0.0913. The Kier molecular flexibility index (Phi) is 4.91. The summed E-state index contributed by atoms with van der Waals surface area (Å²) in [7, 11) is 0. The van der Waals surface area contributed by atoms with Gasteiger partial charge >= 0.3 is 0 Å². The fraction of sp³-hybridized carbons (Fsp3) is 0.600. The highest BCUT2D eigenvalue weighted by Crippen LogP contribution is 2.16. The van der Waals surface area contributed by atoms with Gasteiger partial charge in [-0.15, -0.1) is 0 Å². The second-order valence-corrected chi connectivity index (χ2v) is 5.54. The van der Waals surface area contributed by atoms with Crippen LogP contribution >= 0.6 is 0 Å². The number of halogens is 1. The fourth-order valence-corrected chi connectivity index (χ4v) is 2.44. The first-order valence-electron chi connectivity index (χ1n) is 6.83. The number of rotatable bonds is 6. The van der Waals surface area contributed by atoms with E-state index in [1.807, 2.05) is 13.0 Å². The Morgan fingerprint density at radius 1 is 1.53 bits per heavy atom. The summed E-state index contributed by atoms with van der Waals surface area (Å²) in [6, 6.07) is 6.52. The molecule has 1 fully saturated rings. The minimum Gasteiger partial charge on any atom is -0.394 e. The van der Waals surface area contributed by atoms with Gasteiger partial charge in [-0.05, 0) is 43.9 Å². The van der Waals surface area contributed by atoms with E-state index in [0.29, 0.717) is 6.42 Å². The van der Waals surface area contributed by atoms with Crippen molar-refractivity contribution in [1.29, 1.82) is 0 Å². The lowest BCUT2D eigenvalue weighted by Gasteiger charge is -2.30. The molecule has 106 valence electrons. The van der Waals surface area contributed by atoms with Crippen LogP contribution in [0.25, 0.3) is 0 Å². The Morgan fingerprint density at radius 2 is 2.37 bits per heavy atom. The molecule has 4 heteroatoms. The first kappa shape index (κ1) is 14.4. The first-order valence-corrected chi connectivity index (χ1v) is 6.83. The van der Waals surface area contributed by atoms with Crippen molar-refractivity contribution in [3.63, 3.8) is 0 Å². The number of ether oxygens (including phenoxy) is 1. The molecular weight excluding hydrogens is 245 g/mol. The van der Waals surface area contributed by atoms with Gasteiger partial charge in [-0.3, -0.25) is 0 Å². The molecule has 1 aliphatic rings. The highest BCUT2D eigenvalue weighted by Gasteiger charge is 2.26. The molecule has 0 spiro atoms. The number of benzene rings is 1. The maximum absolute atomic E-state index is 13.2. The van der Waals surface area contributed by atoms with Crippen molar-refractivity contribution in [3.8, 4) is 0 Å². The van der Waals surface area contributed by atoms with Crippen molar-refractivity contribution < 1.29 is 14.2 Å². The van der Waals surface area contributed by atoms with E-state index in [0.717, 1.165) is 31.6 Å². The molecule has 3 nitrogen and oxygen atoms in total. The number of aliphatic hydroxyl groups excluding tert-OH is 1. The minimum absolute atomic E-state index is 0.0102. The third-order valence-electron chi connectivity index (χ3n) is 3.61. The van der Waals surface area contributed by atoms with Crippen LogP contribution < -0.4 is 5.32 Å². The van der Waals surface area contributed by atoms with E-state index < -0.39 is 5.54 Å². The maximum Gasteiger partial charge on any atom is 0.123 e. The zero-order valence-corrected chi connectivity index (χ0v) is 11.4. The molecular formula is C15H22FNO2. The molecule has 2 N–H and O–H groups in total. The van der Waals surface area contributed by atoms with Gasteiger partial charge in [0.25, 0.3) is 0 Å². The first-order chi connectivity index (χ1) is 9.11. The van der Waals surface area contributed by atoms with Gasteiger partial charge in [0.15, 0.2) is 0 Å². The maximum atomic E-state index is 13.2. The zero-order chi connectivity index (χ0) is 13.7. The van der Waals surface area contributed by atoms with Gasteiger partial charge in [0.1, 0.15) is 5.82 Å². The van der Waals surface area contributed by atoms with E-state index in [1.165, 1.54) is 12.1 Å². The summed E-state index contributed by atoms with van der Waals surface area (Å²) in [5.74, 6) is -0.239. The summed E-state index contributed by atoms with van der Waals surface area (Å²) >= 11 is 0. The van der Waals surface area contributed by atoms with Gasteiger partial charge in [0.05, 0.1) is 12.7 Å². The summed E-state index contributed by atoms with van der Waals surface area (Å²) < 4.78 is 18.7. The van der Waals surface area contributed by atoms with Crippen LogP contribution in [0.4, 0.5) is 4.39 Å². The molecule has 2 unspecified atom stereocenters. The molecule has 1 heterocycles. The van der Waals surface area contributed by atoms with Crippen LogP contribution in [0.3, 0.4) is 0 Å². The Balaban J connectivity index is 1.92. The largest absolute Gasteiger partial charge is 0.394 e. The summed E-state index contributed by atoms with van der Waals surface area (Å²) in [5, 5.41) is 13.0. The lowest BCUT2D eigenvalue weighted by Crippen LogP contribution is -2.50. The average molecular weight is 267 g/mol. The molecule has 0 aromatic heterocycles.